The van der Waals surface area contributed by atoms with Gasteiger partial charge in [-0.3, -0.25) is 9.69 Å². The first kappa shape index (κ1) is 16.7. The zero-order valence-electron chi connectivity index (χ0n) is 14.6. The van der Waals surface area contributed by atoms with Gasteiger partial charge in [-0.05, 0) is 47.9 Å². The van der Waals surface area contributed by atoms with Crippen LogP contribution in [0.1, 0.15) is 15.9 Å². The summed E-state index contributed by atoms with van der Waals surface area (Å²) in [5.41, 5.74) is 3.21. The number of aromatic nitrogens is 1. The van der Waals surface area contributed by atoms with Crippen molar-refractivity contribution in [1.29, 1.82) is 0 Å². The fourth-order valence-electron chi connectivity index (χ4n) is 3.00. The SMILES string of the molecule is O=C(NCC#Cc1ccc(N2CCNC2=O)cc1)c1ccc2cc[nH]c2c1. The molecule has 3 N–H and O–H groups in total. The molecule has 0 saturated carbocycles. The molecule has 1 saturated heterocycles. The molecule has 0 bridgehead atoms. The highest BCUT2D eigenvalue weighted by atomic mass is 16.2. The van der Waals surface area contributed by atoms with Gasteiger partial charge >= 0.3 is 6.03 Å². The molecule has 2 aromatic carbocycles. The van der Waals surface area contributed by atoms with Crippen molar-refractivity contribution in [2.75, 3.05) is 24.5 Å². The van der Waals surface area contributed by atoms with Crippen LogP contribution in [0.5, 0.6) is 0 Å². The van der Waals surface area contributed by atoms with E-state index in [0.29, 0.717) is 18.7 Å². The van der Waals surface area contributed by atoms with Gasteiger partial charge in [-0.1, -0.05) is 17.9 Å². The van der Waals surface area contributed by atoms with E-state index in [1.807, 2.05) is 48.7 Å². The Hall–Kier alpha value is -3.72. The van der Waals surface area contributed by atoms with Gasteiger partial charge in [-0.2, -0.15) is 0 Å². The molecule has 2 heterocycles. The summed E-state index contributed by atoms with van der Waals surface area (Å²) in [6.45, 7) is 1.60. The molecule has 1 aliphatic heterocycles. The zero-order valence-corrected chi connectivity index (χ0v) is 14.6. The summed E-state index contributed by atoms with van der Waals surface area (Å²) in [5, 5.41) is 6.64. The first-order valence-electron chi connectivity index (χ1n) is 8.70. The third-order valence-corrected chi connectivity index (χ3v) is 4.42. The van der Waals surface area contributed by atoms with E-state index in [2.05, 4.69) is 27.5 Å². The second-order valence-corrected chi connectivity index (χ2v) is 6.19. The Kier molecular flexibility index (Phi) is 4.50. The number of benzene rings is 2. The molecule has 27 heavy (non-hydrogen) atoms. The number of carbonyl (C=O) groups excluding carboxylic acids is 2. The van der Waals surface area contributed by atoms with E-state index in [9.17, 15) is 9.59 Å². The van der Waals surface area contributed by atoms with Gasteiger partial charge in [0.05, 0.1) is 6.54 Å². The number of nitrogens with zero attached hydrogens (tertiary/aromatic N) is 1. The maximum Gasteiger partial charge on any atom is 0.321 e. The molecule has 1 aromatic heterocycles. The van der Waals surface area contributed by atoms with Crippen molar-refractivity contribution in [1.82, 2.24) is 15.6 Å². The fourth-order valence-corrected chi connectivity index (χ4v) is 3.00. The number of H-pyrrole nitrogens is 1. The predicted octanol–water partition coefficient (Wildman–Crippen LogP) is 2.48. The van der Waals surface area contributed by atoms with E-state index >= 15 is 0 Å². The molecule has 134 valence electrons. The number of hydrogen-bond donors (Lipinski definition) is 3. The third-order valence-electron chi connectivity index (χ3n) is 4.42. The maximum atomic E-state index is 12.2. The summed E-state index contributed by atoms with van der Waals surface area (Å²) in [6, 6.07) is 14.9. The van der Waals surface area contributed by atoms with Crippen LogP contribution < -0.4 is 15.5 Å². The topological polar surface area (TPSA) is 77.2 Å². The molecule has 0 atom stereocenters. The van der Waals surface area contributed by atoms with Crippen LogP contribution in [0, 0.1) is 11.8 Å². The fraction of sp³-hybridized carbons (Fsp3) is 0.143. The van der Waals surface area contributed by atoms with Gasteiger partial charge in [0, 0.05) is 41.6 Å². The monoisotopic (exact) mass is 358 g/mol. The second kappa shape index (κ2) is 7.26. The van der Waals surface area contributed by atoms with Crippen molar-refractivity contribution in [3.63, 3.8) is 0 Å². The highest BCUT2D eigenvalue weighted by Crippen LogP contribution is 2.17. The Labute approximate surface area is 156 Å². The van der Waals surface area contributed by atoms with E-state index in [4.69, 9.17) is 0 Å². The predicted molar refractivity (Wildman–Crippen MR) is 105 cm³/mol. The Morgan fingerprint density at radius 2 is 2.00 bits per heavy atom. The highest BCUT2D eigenvalue weighted by molar-refractivity contribution is 5.98. The van der Waals surface area contributed by atoms with Gasteiger partial charge in [0.15, 0.2) is 0 Å². The van der Waals surface area contributed by atoms with E-state index < -0.39 is 0 Å². The summed E-state index contributed by atoms with van der Waals surface area (Å²) in [4.78, 5) is 28.6. The van der Waals surface area contributed by atoms with E-state index in [1.165, 1.54) is 0 Å². The van der Waals surface area contributed by atoms with Crippen LogP contribution in [0.15, 0.2) is 54.7 Å². The van der Waals surface area contributed by atoms with Crippen molar-refractivity contribution < 1.29 is 9.59 Å². The molecule has 0 spiro atoms. The summed E-state index contributed by atoms with van der Waals surface area (Å²) in [6.07, 6.45) is 1.85. The Morgan fingerprint density at radius 3 is 2.78 bits per heavy atom. The highest BCUT2D eigenvalue weighted by Gasteiger charge is 2.20. The van der Waals surface area contributed by atoms with E-state index in [-0.39, 0.29) is 18.5 Å². The Bertz CT molecular complexity index is 1060. The summed E-state index contributed by atoms with van der Waals surface area (Å²) in [7, 11) is 0. The lowest BCUT2D eigenvalue weighted by Gasteiger charge is -2.13. The number of amides is 3. The summed E-state index contributed by atoms with van der Waals surface area (Å²) < 4.78 is 0. The van der Waals surface area contributed by atoms with Gasteiger partial charge < -0.3 is 15.6 Å². The molecule has 3 aromatic rings. The lowest BCUT2D eigenvalue weighted by molar-refractivity contribution is 0.0959. The largest absolute Gasteiger partial charge is 0.361 e. The quantitative estimate of drug-likeness (QED) is 0.629. The van der Waals surface area contributed by atoms with Gasteiger partial charge in [-0.15, -0.1) is 0 Å². The zero-order chi connectivity index (χ0) is 18.6. The first-order valence-corrected chi connectivity index (χ1v) is 8.70. The molecule has 1 fully saturated rings. The van der Waals surface area contributed by atoms with Crippen LogP contribution in [0.4, 0.5) is 10.5 Å². The standard InChI is InChI=1S/C21H18N4O2/c26-20(17-6-5-16-9-11-22-19(16)14-17)23-10-1-2-15-3-7-18(8-4-15)25-13-12-24-21(25)27/h3-9,11,14,22H,10,12-13H2,(H,23,26)(H,24,27). The number of aromatic amines is 1. The van der Waals surface area contributed by atoms with Crippen LogP contribution in [0.25, 0.3) is 10.9 Å². The molecule has 0 aliphatic carbocycles. The molecular weight excluding hydrogens is 340 g/mol. The molecular formula is C21H18N4O2. The molecule has 4 rings (SSSR count). The van der Waals surface area contributed by atoms with Crippen molar-refractivity contribution in [3.8, 4) is 11.8 Å². The number of fused-ring (bicyclic) bond motifs is 1. The van der Waals surface area contributed by atoms with Crippen molar-refractivity contribution in [2.45, 2.75) is 0 Å². The number of hydrogen-bond acceptors (Lipinski definition) is 2. The van der Waals surface area contributed by atoms with Crippen LogP contribution in [0.2, 0.25) is 0 Å². The van der Waals surface area contributed by atoms with Gasteiger partial charge in [0.1, 0.15) is 0 Å². The molecule has 6 heteroatoms. The minimum atomic E-state index is -0.156. The summed E-state index contributed by atoms with van der Waals surface area (Å²) in [5.74, 6) is 5.81. The second-order valence-electron chi connectivity index (χ2n) is 6.19. The molecule has 0 unspecified atom stereocenters. The van der Waals surface area contributed by atoms with Crippen LogP contribution >= 0.6 is 0 Å². The summed E-state index contributed by atoms with van der Waals surface area (Å²) >= 11 is 0. The Morgan fingerprint density at radius 1 is 1.15 bits per heavy atom. The Balaban J connectivity index is 1.34. The van der Waals surface area contributed by atoms with Crippen molar-refractivity contribution in [2.24, 2.45) is 0 Å². The van der Waals surface area contributed by atoms with Crippen LogP contribution in [0.3, 0.4) is 0 Å². The van der Waals surface area contributed by atoms with Crippen LogP contribution in [-0.2, 0) is 0 Å². The number of carbonyl (C=O) groups is 2. The lowest BCUT2D eigenvalue weighted by atomic mass is 10.1. The third kappa shape index (κ3) is 3.62. The average molecular weight is 358 g/mol. The smallest absolute Gasteiger partial charge is 0.321 e. The number of anilines is 1. The van der Waals surface area contributed by atoms with Gasteiger partial charge in [-0.25, -0.2) is 4.79 Å². The van der Waals surface area contributed by atoms with Crippen molar-refractivity contribution >= 4 is 28.5 Å². The lowest BCUT2D eigenvalue weighted by Crippen LogP contribution is -2.27. The van der Waals surface area contributed by atoms with Crippen molar-refractivity contribution in [3.05, 3.63) is 65.9 Å². The number of rotatable bonds is 3. The first-order chi connectivity index (χ1) is 13.2. The van der Waals surface area contributed by atoms with Gasteiger partial charge in [0.25, 0.3) is 5.91 Å². The molecule has 1 aliphatic rings. The van der Waals surface area contributed by atoms with Crippen LogP contribution in [-0.4, -0.2) is 36.6 Å². The number of nitrogens with one attached hydrogen (secondary N) is 3. The van der Waals surface area contributed by atoms with Gasteiger partial charge in [0.2, 0.25) is 0 Å². The normalized spacial score (nSPS) is 13.2. The average Bonchev–Trinajstić information content (AvgIpc) is 3.33. The molecule has 6 nitrogen and oxygen atoms in total. The minimum Gasteiger partial charge on any atom is -0.361 e. The maximum absolute atomic E-state index is 12.2. The van der Waals surface area contributed by atoms with E-state index in [0.717, 1.165) is 22.2 Å². The minimum absolute atomic E-state index is 0.0749. The molecule has 0 radical (unpaired) electrons. The molecule has 3 amide bonds. The number of urea groups is 1. The van der Waals surface area contributed by atoms with E-state index in [1.54, 1.807) is 11.0 Å².